The maximum atomic E-state index is 11.8. The monoisotopic (exact) mass is 328 g/mol. The minimum Gasteiger partial charge on any atom is -0.394 e. The molecule has 0 fully saturated rings. The summed E-state index contributed by atoms with van der Waals surface area (Å²) in [6.45, 7) is 1.64. The van der Waals surface area contributed by atoms with Crippen molar-refractivity contribution in [2.24, 2.45) is 0 Å². The summed E-state index contributed by atoms with van der Waals surface area (Å²) in [5.74, 6) is -0.627. The van der Waals surface area contributed by atoms with E-state index in [9.17, 15) is 9.59 Å². The van der Waals surface area contributed by atoms with Crippen LogP contribution in [0.1, 0.15) is 23.7 Å². The van der Waals surface area contributed by atoms with Crippen LogP contribution >= 0.6 is 15.9 Å². The number of hydrogen-bond donors (Lipinski definition) is 3. The Labute approximate surface area is 120 Å². The van der Waals surface area contributed by atoms with Crippen molar-refractivity contribution in [3.63, 3.8) is 0 Å². The first-order valence-electron chi connectivity index (χ1n) is 6.00. The van der Waals surface area contributed by atoms with Crippen molar-refractivity contribution in [2.45, 2.75) is 19.4 Å². The number of amides is 2. The largest absolute Gasteiger partial charge is 0.394 e. The van der Waals surface area contributed by atoms with Gasteiger partial charge in [0, 0.05) is 10.0 Å². The van der Waals surface area contributed by atoms with Gasteiger partial charge in [-0.1, -0.05) is 28.9 Å². The Balaban J connectivity index is 2.44. The summed E-state index contributed by atoms with van der Waals surface area (Å²) in [5, 5.41) is 14.1. The van der Waals surface area contributed by atoms with Gasteiger partial charge in [0.05, 0.1) is 19.2 Å². The van der Waals surface area contributed by atoms with E-state index in [4.69, 9.17) is 5.11 Å². The lowest BCUT2D eigenvalue weighted by Gasteiger charge is -2.14. The predicted molar refractivity (Wildman–Crippen MR) is 75.8 cm³/mol. The van der Waals surface area contributed by atoms with E-state index in [1.54, 1.807) is 18.2 Å². The smallest absolute Gasteiger partial charge is 0.251 e. The van der Waals surface area contributed by atoms with Gasteiger partial charge in [-0.3, -0.25) is 9.59 Å². The molecule has 1 atom stereocenters. The number of benzene rings is 1. The van der Waals surface area contributed by atoms with Gasteiger partial charge >= 0.3 is 0 Å². The highest BCUT2D eigenvalue weighted by Crippen LogP contribution is 2.11. The van der Waals surface area contributed by atoms with Crippen LogP contribution in [0.5, 0.6) is 0 Å². The Kier molecular flexibility index (Phi) is 6.52. The summed E-state index contributed by atoms with van der Waals surface area (Å²) in [7, 11) is 0. The number of hydrogen-bond acceptors (Lipinski definition) is 3. The fourth-order valence-electron chi connectivity index (χ4n) is 1.45. The molecule has 0 bridgehead atoms. The molecule has 104 valence electrons. The van der Waals surface area contributed by atoms with Crippen LogP contribution in [0.25, 0.3) is 0 Å². The Hall–Kier alpha value is -1.40. The first kappa shape index (κ1) is 15.7. The minimum absolute atomic E-state index is 0.109. The van der Waals surface area contributed by atoms with E-state index < -0.39 is 0 Å². The van der Waals surface area contributed by atoms with Gasteiger partial charge in [0.1, 0.15) is 0 Å². The van der Waals surface area contributed by atoms with Gasteiger partial charge in [-0.05, 0) is 24.6 Å². The van der Waals surface area contributed by atoms with Gasteiger partial charge < -0.3 is 15.7 Å². The van der Waals surface area contributed by atoms with Crippen LogP contribution in [0.2, 0.25) is 0 Å². The highest BCUT2D eigenvalue weighted by molar-refractivity contribution is 9.10. The van der Waals surface area contributed by atoms with E-state index in [-0.39, 0.29) is 31.0 Å². The van der Waals surface area contributed by atoms with Crippen LogP contribution in [-0.2, 0) is 4.79 Å². The second-order valence-electron chi connectivity index (χ2n) is 4.05. The lowest BCUT2D eigenvalue weighted by Crippen LogP contribution is -2.43. The predicted octanol–water partition coefficient (Wildman–Crippen LogP) is 1.07. The average molecular weight is 329 g/mol. The molecule has 0 aliphatic rings. The van der Waals surface area contributed by atoms with Crippen LogP contribution in [0, 0.1) is 0 Å². The summed E-state index contributed by atoms with van der Waals surface area (Å²) < 4.78 is 0.802. The minimum atomic E-state index is -0.316. The molecular weight excluding hydrogens is 312 g/mol. The van der Waals surface area contributed by atoms with Crippen molar-refractivity contribution in [2.75, 3.05) is 13.2 Å². The summed E-state index contributed by atoms with van der Waals surface area (Å²) in [6, 6.07) is 6.64. The van der Waals surface area contributed by atoms with Crippen LogP contribution < -0.4 is 10.6 Å². The zero-order valence-electron chi connectivity index (χ0n) is 10.6. The van der Waals surface area contributed by atoms with Crippen molar-refractivity contribution in [3.05, 3.63) is 34.3 Å². The maximum Gasteiger partial charge on any atom is 0.251 e. The normalized spacial score (nSPS) is 11.7. The maximum absolute atomic E-state index is 11.8. The van der Waals surface area contributed by atoms with Gasteiger partial charge in [-0.15, -0.1) is 0 Å². The van der Waals surface area contributed by atoms with E-state index in [2.05, 4.69) is 26.6 Å². The van der Waals surface area contributed by atoms with Crippen molar-refractivity contribution < 1.29 is 14.7 Å². The molecule has 1 aromatic rings. The Morgan fingerprint density at radius 1 is 1.42 bits per heavy atom. The fourth-order valence-corrected chi connectivity index (χ4v) is 1.85. The molecular formula is C13H17BrN2O3. The molecule has 19 heavy (non-hydrogen) atoms. The van der Waals surface area contributed by atoms with E-state index >= 15 is 0 Å². The number of halogens is 1. The van der Waals surface area contributed by atoms with Gasteiger partial charge in [-0.2, -0.15) is 0 Å². The van der Waals surface area contributed by atoms with Gasteiger partial charge in [0.15, 0.2) is 0 Å². The molecule has 0 radical (unpaired) electrons. The lowest BCUT2D eigenvalue weighted by molar-refractivity contribution is -0.121. The van der Waals surface area contributed by atoms with Gasteiger partial charge in [0.2, 0.25) is 5.91 Å². The second kappa shape index (κ2) is 7.91. The van der Waals surface area contributed by atoms with E-state index in [1.807, 2.05) is 13.0 Å². The van der Waals surface area contributed by atoms with E-state index in [1.165, 1.54) is 0 Å². The molecule has 0 spiro atoms. The molecule has 0 saturated carbocycles. The van der Waals surface area contributed by atoms with Gasteiger partial charge in [-0.25, -0.2) is 0 Å². The van der Waals surface area contributed by atoms with Crippen LogP contribution in [-0.4, -0.2) is 36.1 Å². The molecule has 2 amide bonds. The number of rotatable bonds is 6. The van der Waals surface area contributed by atoms with Crippen molar-refractivity contribution >= 4 is 27.7 Å². The standard InChI is InChI=1S/C13H17BrN2O3/c1-2-11(8-17)16-12(18)7-15-13(19)9-4-3-5-10(14)6-9/h3-6,11,17H,2,7-8H2,1H3,(H,15,19)(H,16,18)/t11-/m1/s1. The number of carbonyl (C=O) groups is 2. The highest BCUT2D eigenvalue weighted by atomic mass is 79.9. The van der Waals surface area contributed by atoms with Crippen LogP contribution in [0.4, 0.5) is 0 Å². The third-order valence-corrected chi connectivity index (χ3v) is 3.07. The van der Waals surface area contributed by atoms with Crippen LogP contribution in [0.3, 0.4) is 0 Å². The highest BCUT2D eigenvalue weighted by Gasteiger charge is 2.11. The molecule has 6 heteroatoms. The van der Waals surface area contributed by atoms with Crippen molar-refractivity contribution in [3.8, 4) is 0 Å². The summed E-state index contributed by atoms with van der Waals surface area (Å²) in [6.07, 6.45) is 0.641. The first-order valence-corrected chi connectivity index (χ1v) is 6.80. The quantitative estimate of drug-likeness (QED) is 0.730. The molecule has 1 rings (SSSR count). The Bertz CT molecular complexity index is 447. The average Bonchev–Trinajstić information content (AvgIpc) is 2.42. The molecule has 0 aromatic heterocycles. The van der Waals surface area contributed by atoms with E-state index in [0.29, 0.717) is 12.0 Å². The van der Waals surface area contributed by atoms with Crippen molar-refractivity contribution in [1.29, 1.82) is 0 Å². The third-order valence-electron chi connectivity index (χ3n) is 2.57. The molecule has 3 N–H and O–H groups in total. The fraction of sp³-hybridized carbons (Fsp3) is 0.385. The van der Waals surface area contributed by atoms with Crippen molar-refractivity contribution in [1.82, 2.24) is 10.6 Å². The Morgan fingerprint density at radius 3 is 2.74 bits per heavy atom. The summed E-state index contributed by atoms with van der Waals surface area (Å²) in [5.41, 5.74) is 0.483. The summed E-state index contributed by atoms with van der Waals surface area (Å²) in [4.78, 5) is 23.3. The molecule has 0 aliphatic carbocycles. The lowest BCUT2D eigenvalue weighted by atomic mass is 10.2. The number of aliphatic hydroxyl groups is 1. The zero-order chi connectivity index (χ0) is 14.3. The topological polar surface area (TPSA) is 78.4 Å². The summed E-state index contributed by atoms with van der Waals surface area (Å²) >= 11 is 3.27. The Morgan fingerprint density at radius 2 is 2.16 bits per heavy atom. The van der Waals surface area contributed by atoms with Gasteiger partial charge in [0.25, 0.3) is 5.91 Å². The SMILES string of the molecule is CC[C@H](CO)NC(=O)CNC(=O)c1cccc(Br)c1. The molecule has 0 heterocycles. The molecule has 5 nitrogen and oxygen atoms in total. The molecule has 1 aromatic carbocycles. The molecule has 0 aliphatic heterocycles. The first-order chi connectivity index (χ1) is 9.06. The molecule has 0 saturated heterocycles. The molecule has 0 unspecified atom stereocenters. The van der Waals surface area contributed by atoms with Crippen LogP contribution in [0.15, 0.2) is 28.7 Å². The third kappa shape index (κ3) is 5.40. The zero-order valence-corrected chi connectivity index (χ0v) is 12.2. The second-order valence-corrected chi connectivity index (χ2v) is 4.96. The van der Waals surface area contributed by atoms with E-state index in [0.717, 1.165) is 4.47 Å². The number of nitrogens with one attached hydrogen (secondary N) is 2. The number of aliphatic hydroxyl groups excluding tert-OH is 1. The number of carbonyl (C=O) groups excluding carboxylic acids is 2.